The van der Waals surface area contributed by atoms with Gasteiger partial charge in [0.1, 0.15) is 5.69 Å². The summed E-state index contributed by atoms with van der Waals surface area (Å²) in [5.74, 6) is -0.851. The van der Waals surface area contributed by atoms with Crippen molar-refractivity contribution in [1.82, 2.24) is 4.57 Å². The molecule has 1 N–H and O–H groups in total. The van der Waals surface area contributed by atoms with Crippen LogP contribution in [0.3, 0.4) is 0 Å². The van der Waals surface area contributed by atoms with Crippen molar-refractivity contribution in [3.05, 3.63) is 58.9 Å². The zero-order valence-corrected chi connectivity index (χ0v) is 10.7. The molecule has 0 amide bonds. The predicted molar refractivity (Wildman–Crippen MR) is 71.1 cm³/mol. The van der Waals surface area contributed by atoms with E-state index in [0.717, 1.165) is 23.2 Å². The summed E-state index contributed by atoms with van der Waals surface area (Å²) in [6.45, 7) is 4.54. The van der Waals surface area contributed by atoms with Crippen LogP contribution in [0.25, 0.3) is 0 Å². The molecule has 94 valence electrons. The van der Waals surface area contributed by atoms with Crippen LogP contribution >= 0.6 is 0 Å². The Hall–Kier alpha value is -2.03. The molecule has 0 spiro atoms. The highest BCUT2D eigenvalue weighted by Gasteiger charge is 2.17. The second-order valence-corrected chi connectivity index (χ2v) is 4.39. The molecule has 0 saturated carbocycles. The SMILES string of the molecule is CCc1cc(C)n(Cc2ccccc2)c1C(=O)O. The van der Waals surface area contributed by atoms with E-state index in [1.165, 1.54) is 0 Å². The van der Waals surface area contributed by atoms with Gasteiger partial charge in [-0.3, -0.25) is 0 Å². The fraction of sp³-hybridized carbons (Fsp3) is 0.267. The van der Waals surface area contributed by atoms with Crippen LogP contribution in [0.5, 0.6) is 0 Å². The number of hydrogen-bond acceptors (Lipinski definition) is 1. The van der Waals surface area contributed by atoms with Gasteiger partial charge in [0.25, 0.3) is 0 Å². The predicted octanol–water partition coefficient (Wildman–Crippen LogP) is 3.11. The van der Waals surface area contributed by atoms with E-state index in [2.05, 4.69) is 0 Å². The number of carboxylic acids is 1. The molecule has 0 aliphatic heterocycles. The Labute approximate surface area is 107 Å². The normalized spacial score (nSPS) is 10.6. The molecule has 2 aromatic rings. The zero-order chi connectivity index (χ0) is 13.1. The van der Waals surface area contributed by atoms with E-state index in [9.17, 15) is 9.90 Å². The van der Waals surface area contributed by atoms with Crippen molar-refractivity contribution in [1.29, 1.82) is 0 Å². The summed E-state index contributed by atoms with van der Waals surface area (Å²) in [4.78, 5) is 11.4. The van der Waals surface area contributed by atoms with Crippen molar-refractivity contribution in [2.45, 2.75) is 26.8 Å². The summed E-state index contributed by atoms with van der Waals surface area (Å²) in [6, 6.07) is 11.9. The number of aryl methyl sites for hydroxylation is 2. The van der Waals surface area contributed by atoms with Crippen molar-refractivity contribution >= 4 is 5.97 Å². The van der Waals surface area contributed by atoms with Crippen LogP contribution in [0.1, 0.15) is 34.2 Å². The first-order chi connectivity index (χ1) is 8.63. The Morgan fingerprint density at radius 1 is 1.28 bits per heavy atom. The molecule has 2 rings (SSSR count). The van der Waals surface area contributed by atoms with Crippen molar-refractivity contribution in [2.24, 2.45) is 0 Å². The molecule has 1 aromatic carbocycles. The summed E-state index contributed by atoms with van der Waals surface area (Å²) in [7, 11) is 0. The molecule has 0 radical (unpaired) electrons. The van der Waals surface area contributed by atoms with Crippen LogP contribution in [-0.4, -0.2) is 15.6 Å². The minimum absolute atomic E-state index is 0.416. The van der Waals surface area contributed by atoms with E-state index < -0.39 is 5.97 Å². The molecule has 0 unspecified atom stereocenters. The van der Waals surface area contributed by atoms with Gasteiger partial charge in [-0.1, -0.05) is 37.3 Å². The Bertz CT molecular complexity index is 555. The Morgan fingerprint density at radius 2 is 1.94 bits per heavy atom. The number of aromatic carboxylic acids is 1. The van der Waals surface area contributed by atoms with E-state index in [1.807, 2.05) is 54.8 Å². The van der Waals surface area contributed by atoms with Crippen LogP contribution in [0, 0.1) is 6.92 Å². The lowest BCUT2D eigenvalue weighted by Gasteiger charge is -2.10. The quantitative estimate of drug-likeness (QED) is 0.896. The average Bonchev–Trinajstić information content (AvgIpc) is 2.67. The van der Waals surface area contributed by atoms with E-state index in [-0.39, 0.29) is 0 Å². The minimum Gasteiger partial charge on any atom is -0.477 e. The first-order valence-corrected chi connectivity index (χ1v) is 6.09. The number of rotatable bonds is 4. The topological polar surface area (TPSA) is 42.2 Å². The van der Waals surface area contributed by atoms with Crippen LogP contribution in [0.2, 0.25) is 0 Å². The largest absolute Gasteiger partial charge is 0.477 e. The smallest absolute Gasteiger partial charge is 0.352 e. The van der Waals surface area contributed by atoms with Crippen molar-refractivity contribution < 1.29 is 9.90 Å². The third-order valence-electron chi connectivity index (χ3n) is 3.15. The first-order valence-electron chi connectivity index (χ1n) is 6.09. The van der Waals surface area contributed by atoms with Gasteiger partial charge < -0.3 is 9.67 Å². The molecule has 0 saturated heterocycles. The summed E-state index contributed by atoms with van der Waals surface area (Å²) in [6.07, 6.45) is 0.740. The molecule has 3 heteroatoms. The highest BCUT2D eigenvalue weighted by molar-refractivity contribution is 5.88. The molecule has 1 heterocycles. The maximum atomic E-state index is 11.4. The lowest BCUT2D eigenvalue weighted by atomic mass is 10.2. The van der Waals surface area contributed by atoms with Crippen LogP contribution in [-0.2, 0) is 13.0 Å². The molecule has 0 aliphatic carbocycles. The van der Waals surface area contributed by atoms with Crippen molar-refractivity contribution in [2.75, 3.05) is 0 Å². The molecule has 0 aliphatic rings. The lowest BCUT2D eigenvalue weighted by Crippen LogP contribution is -2.12. The first kappa shape index (κ1) is 12.4. The molecule has 3 nitrogen and oxygen atoms in total. The van der Waals surface area contributed by atoms with Gasteiger partial charge in [0, 0.05) is 12.2 Å². The number of hydrogen-bond donors (Lipinski definition) is 1. The highest BCUT2D eigenvalue weighted by atomic mass is 16.4. The van der Waals surface area contributed by atoms with Gasteiger partial charge in [0.15, 0.2) is 0 Å². The van der Waals surface area contributed by atoms with E-state index >= 15 is 0 Å². The monoisotopic (exact) mass is 243 g/mol. The molecule has 1 aromatic heterocycles. The Kier molecular flexibility index (Phi) is 3.51. The fourth-order valence-corrected chi connectivity index (χ4v) is 2.24. The highest BCUT2D eigenvalue weighted by Crippen LogP contribution is 2.18. The van der Waals surface area contributed by atoms with Gasteiger partial charge in [-0.25, -0.2) is 4.79 Å². The number of carboxylic acid groups (broad SMARTS) is 1. The van der Waals surface area contributed by atoms with E-state index in [1.54, 1.807) is 0 Å². The van der Waals surface area contributed by atoms with Gasteiger partial charge in [-0.15, -0.1) is 0 Å². The standard InChI is InChI=1S/C15H17NO2/c1-3-13-9-11(2)16(14(13)15(17)18)10-12-7-5-4-6-8-12/h4-9H,3,10H2,1-2H3,(H,17,18). The fourth-order valence-electron chi connectivity index (χ4n) is 2.24. The van der Waals surface area contributed by atoms with Gasteiger partial charge in [0.05, 0.1) is 0 Å². The summed E-state index contributed by atoms with van der Waals surface area (Å²) in [5, 5.41) is 9.35. The average molecular weight is 243 g/mol. The van der Waals surface area contributed by atoms with Crippen LogP contribution < -0.4 is 0 Å². The number of carbonyl (C=O) groups is 1. The zero-order valence-electron chi connectivity index (χ0n) is 10.7. The Balaban J connectivity index is 2.44. The maximum Gasteiger partial charge on any atom is 0.352 e. The molecule has 0 atom stereocenters. The molecular weight excluding hydrogens is 226 g/mol. The molecular formula is C15H17NO2. The van der Waals surface area contributed by atoms with Gasteiger partial charge >= 0.3 is 5.97 Å². The lowest BCUT2D eigenvalue weighted by molar-refractivity contribution is 0.0684. The van der Waals surface area contributed by atoms with Crippen LogP contribution in [0.4, 0.5) is 0 Å². The van der Waals surface area contributed by atoms with E-state index in [4.69, 9.17) is 0 Å². The second kappa shape index (κ2) is 5.08. The third kappa shape index (κ3) is 2.30. The number of nitrogens with zero attached hydrogens (tertiary/aromatic N) is 1. The molecule has 0 fully saturated rings. The third-order valence-corrected chi connectivity index (χ3v) is 3.15. The van der Waals surface area contributed by atoms with Gasteiger partial charge in [-0.05, 0) is 30.5 Å². The Morgan fingerprint density at radius 3 is 2.50 bits per heavy atom. The van der Waals surface area contributed by atoms with Gasteiger partial charge in [0.2, 0.25) is 0 Å². The summed E-state index contributed by atoms with van der Waals surface area (Å²) >= 11 is 0. The van der Waals surface area contributed by atoms with Crippen molar-refractivity contribution in [3.8, 4) is 0 Å². The van der Waals surface area contributed by atoms with Crippen LogP contribution in [0.15, 0.2) is 36.4 Å². The molecule has 18 heavy (non-hydrogen) atoms. The summed E-state index contributed by atoms with van der Waals surface area (Å²) in [5.41, 5.74) is 3.42. The summed E-state index contributed by atoms with van der Waals surface area (Å²) < 4.78 is 1.87. The maximum absolute atomic E-state index is 11.4. The number of aromatic nitrogens is 1. The van der Waals surface area contributed by atoms with E-state index in [0.29, 0.717) is 12.2 Å². The molecule has 0 bridgehead atoms. The van der Waals surface area contributed by atoms with Gasteiger partial charge in [-0.2, -0.15) is 0 Å². The second-order valence-electron chi connectivity index (χ2n) is 4.39. The minimum atomic E-state index is -0.851. The number of benzene rings is 1. The van der Waals surface area contributed by atoms with Crippen molar-refractivity contribution in [3.63, 3.8) is 0 Å².